The number of rotatable bonds is 4. The second-order valence-corrected chi connectivity index (χ2v) is 5.03. The summed E-state index contributed by atoms with van der Waals surface area (Å²) in [4.78, 5) is 24.6. The van der Waals surface area contributed by atoms with Crippen LogP contribution in [0.4, 0.5) is 4.79 Å². The Hall–Kier alpha value is -2.04. The van der Waals surface area contributed by atoms with Crippen molar-refractivity contribution < 1.29 is 14.3 Å². The Bertz CT molecular complexity index is 461. The van der Waals surface area contributed by atoms with Gasteiger partial charge in [-0.15, -0.1) is 0 Å². The van der Waals surface area contributed by atoms with Crippen molar-refractivity contribution in [2.75, 3.05) is 19.7 Å². The van der Waals surface area contributed by atoms with Crippen LogP contribution in [0.15, 0.2) is 30.3 Å². The smallest absolute Gasteiger partial charge is 0.314 e. The van der Waals surface area contributed by atoms with Gasteiger partial charge in [0.15, 0.2) is 0 Å². The molecule has 5 nitrogen and oxygen atoms in total. The number of urea groups is 1. The summed E-state index contributed by atoms with van der Waals surface area (Å²) in [5.74, 6) is -0.473. The summed E-state index contributed by atoms with van der Waals surface area (Å²) in [5.41, 5.74) is 6.38. The minimum atomic E-state index is -0.466. The van der Waals surface area contributed by atoms with Crippen molar-refractivity contribution >= 4 is 12.0 Å². The van der Waals surface area contributed by atoms with E-state index >= 15 is 0 Å². The Kier molecular flexibility index (Phi) is 4.98. The van der Waals surface area contributed by atoms with Crippen LogP contribution in [-0.2, 0) is 16.0 Å². The number of likely N-dealkylation sites (tertiary alicyclic amines) is 1. The summed E-state index contributed by atoms with van der Waals surface area (Å²) in [7, 11) is 0. The van der Waals surface area contributed by atoms with Crippen molar-refractivity contribution in [2.45, 2.75) is 19.3 Å². The van der Waals surface area contributed by atoms with Gasteiger partial charge in [-0.3, -0.25) is 4.79 Å². The van der Waals surface area contributed by atoms with Gasteiger partial charge in [0.25, 0.3) is 0 Å². The zero-order valence-corrected chi connectivity index (χ0v) is 11.5. The van der Waals surface area contributed by atoms with Gasteiger partial charge in [-0.25, -0.2) is 4.79 Å². The van der Waals surface area contributed by atoms with E-state index in [1.165, 1.54) is 4.90 Å². The number of carbonyl (C=O) groups excluding carboxylic acids is 2. The van der Waals surface area contributed by atoms with Crippen molar-refractivity contribution in [1.29, 1.82) is 0 Å². The quantitative estimate of drug-likeness (QED) is 0.848. The molecule has 1 unspecified atom stereocenters. The molecule has 1 aliphatic heterocycles. The highest BCUT2D eigenvalue weighted by Crippen LogP contribution is 2.17. The summed E-state index contributed by atoms with van der Waals surface area (Å²) in [6.07, 6.45) is 2.26. The number of nitrogens with zero attached hydrogens (tertiary/aromatic N) is 1. The van der Waals surface area contributed by atoms with Crippen LogP contribution in [0.2, 0.25) is 0 Å². The minimum absolute atomic E-state index is 0.230. The first kappa shape index (κ1) is 14.4. The van der Waals surface area contributed by atoms with Gasteiger partial charge in [0.05, 0.1) is 12.5 Å². The second-order valence-electron chi connectivity index (χ2n) is 5.03. The van der Waals surface area contributed by atoms with Crippen LogP contribution < -0.4 is 5.73 Å². The van der Waals surface area contributed by atoms with Crippen LogP contribution >= 0.6 is 0 Å². The predicted octanol–water partition coefficient (Wildman–Crippen LogP) is 1.56. The summed E-state index contributed by atoms with van der Waals surface area (Å²) in [5, 5.41) is 0. The molecule has 0 aliphatic carbocycles. The second kappa shape index (κ2) is 6.93. The molecule has 1 aromatic carbocycles. The van der Waals surface area contributed by atoms with Gasteiger partial charge in [-0.1, -0.05) is 30.3 Å². The lowest BCUT2D eigenvalue weighted by Gasteiger charge is -2.30. The third kappa shape index (κ3) is 3.98. The van der Waals surface area contributed by atoms with Crippen LogP contribution in [0, 0.1) is 5.92 Å². The normalized spacial score (nSPS) is 18.6. The number of hydrogen-bond donors (Lipinski definition) is 1. The van der Waals surface area contributed by atoms with E-state index < -0.39 is 6.03 Å². The Morgan fingerprint density at radius 3 is 2.75 bits per heavy atom. The zero-order chi connectivity index (χ0) is 14.4. The molecular weight excluding hydrogens is 256 g/mol. The lowest BCUT2D eigenvalue weighted by atomic mass is 9.98. The Morgan fingerprint density at radius 2 is 2.05 bits per heavy atom. The topological polar surface area (TPSA) is 72.6 Å². The molecule has 0 spiro atoms. The average Bonchev–Trinajstić information content (AvgIpc) is 2.48. The van der Waals surface area contributed by atoms with Gasteiger partial charge in [-0.2, -0.15) is 0 Å². The van der Waals surface area contributed by atoms with Crippen LogP contribution in [0.25, 0.3) is 0 Å². The van der Waals surface area contributed by atoms with Crippen molar-refractivity contribution in [2.24, 2.45) is 11.7 Å². The molecule has 2 rings (SSSR count). The third-order valence-corrected chi connectivity index (χ3v) is 3.54. The molecule has 108 valence electrons. The molecule has 0 aromatic heterocycles. The van der Waals surface area contributed by atoms with Crippen LogP contribution in [0.3, 0.4) is 0 Å². The lowest BCUT2D eigenvalue weighted by molar-refractivity contribution is -0.149. The zero-order valence-electron chi connectivity index (χ0n) is 11.5. The van der Waals surface area contributed by atoms with Gasteiger partial charge in [0.2, 0.25) is 0 Å². The van der Waals surface area contributed by atoms with E-state index in [4.69, 9.17) is 10.5 Å². The molecule has 1 saturated heterocycles. The van der Waals surface area contributed by atoms with Crippen molar-refractivity contribution in [3.05, 3.63) is 35.9 Å². The third-order valence-electron chi connectivity index (χ3n) is 3.54. The number of ether oxygens (including phenoxy) is 1. The molecular formula is C15H20N2O3. The van der Waals surface area contributed by atoms with E-state index in [9.17, 15) is 9.59 Å². The summed E-state index contributed by atoms with van der Waals surface area (Å²) < 4.78 is 5.30. The SMILES string of the molecule is NC(=O)N1CCCC(C(=O)OCCc2ccccc2)C1. The number of amides is 2. The fraction of sp³-hybridized carbons (Fsp3) is 0.467. The van der Waals surface area contributed by atoms with Crippen LogP contribution in [0.5, 0.6) is 0 Å². The first-order valence-corrected chi connectivity index (χ1v) is 6.92. The maximum absolute atomic E-state index is 12.0. The van der Waals surface area contributed by atoms with Gasteiger partial charge in [0, 0.05) is 19.5 Å². The van der Waals surface area contributed by atoms with Crippen molar-refractivity contribution in [3.63, 3.8) is 0 Å². The van der Waals surface area contributed by atoms with Crippen LogP contribution in [0.1, 0.15) is 18.4 Å². The predicted molar refractivity (Wildman–Crippen MR) is 75.0 cm³/mol. The highest BCUT2D eigenvalue weighted by molar-refractivity contribution is 5.76. The molecule has 1 aliphatic rings. The molecule has 2 amide bonds. The summed E-state index contributed by atoms with van der Waals surface area (Å²) in [6.45, 7) is 1.37. The minimum Gasteiger partial charge on any atom is -0.465 e. The molecule has 0 radical (unpaired) electrons. The number of piperidine rings is 1. The summed E-state index contributed by atoms with van der Waals surface area (Å²) in [6, 6.07) is 9.42. The molecule has 20 heavy (non-hydrogen) atoms. The molecule has 0 bridgehead atoms. The number of nitrogens with two attached hydrogens (primary N) is 1. The monoisotopic (exact) mass is 276 g/mol. The molecule has 1 heterocycles. The average molecular weight is 276 g/mol. The standard InChI is InChI=1S/C15H20N2O3/c16-15(19)17-9-4-7-13(11-17)14(18)20-10-8-12-5-2-1-3-6-12/h1-3,5-6,13H,4,7-11H2,(H2,16,19). The van der Waals surface area contributed by atoms with Gasteiger partial charge >= 0.3 is 12.0 Å². The van der Waals surface area contributed by atoms with E-state index in [0.717, 1.165) is 18.4 Å². The highest BCUT2D eigenvalue weighted by Gasteiger charge is 2.28. The number of benzene rings is 1. The first-order chi connectivity index (χ1) is 9.66. The Morgan fingerprint density at radius 1 is 1.30 bits per heavy atom. The molecule has 1 atom stereocenters. The maximum Gasteiger partial charge on any atom is 0.314 e. The van der Waals surface area contributed by atoms with E-state index in [1.54, 1.807) is 0 Å². The first-order valence-electron chi connectivity index (χ1n) is 6.92. The van der Waals surface area contributed by atoms with Gasteiger partial charge in [-0.05, 0) is 18.4 Å². The number of esters is 1. The summed E-state index contributed by atoms with van der Waals surface area (Å²) >= 11 is 0. The molecule has 2 N–H and O–H groups in total. The lowest BCUT2D eigenvalue weighted by Crippen LogP contribution is -2.45. The van der Waals surface area contributed by atoms with E-state index in [1.807, 2.05) is 30.3 Å². The van der Waals surface area contributed by atoms with E-state index in [0.29, 0.717) is 26.1 Å². The molecule has 1 aromatic rings. The number of carbonyl (C=O) groups is 2. The van der Waals surface area contributed by atoms with E-state index in [-0.39, 0.29) is 11.9 Å². The van der Waals surface area contributed by atoms with Gasteiger partial charge < -0.3 is 15.4 Å². The van der Waals surface area contributed by atoms with Crippen molar-refractivity contribution in [1.82, 2.24) is 4.90 Å². The largest absolute Gasteiger partial charge is 0.465 e. The molecule has 5 heteroatoms. The number of hydrogen-bond acceptors (Lipinski definition) is 3. The Labute approximate surface area is 118 Å². The molecule has 0 saturated carbocycles. The fourth-order valence-electron chi connectivity index (χ4n) is 2.40. The van der Waals surface area contributed by atoms with Crippen LogP contribution in [-0.4, -0.2) is 36.6 Å². The fourth-order valence-corrected chi connectivity index (χ4v) is 2.40. The number of primary amides is 1. The van der Waals surface area contributed by atoms with Gasteiger partial charge in [0.1, 0.15) is 0 Å². The van der Waals surface area contributed by atoms with E-state index in [2.05, 4.69) is 0 Å². The molecule has 1 fully saturated rings. The highest BCUT2D eigenvalue weighted by atomic mass is 16.5. The Balaban J connectivity index is 1.75. The van der Waals surface area contributed by atoms with Crippen molar-refractivity contribution in [3.8, 4) is 0 Å². The maximum atomic E-state index is 12.0.